The summed E-state index contributed by atoms with van der Waals surface area (Å²) in [5.74, 6) is 0. The zero-order valence-corrected chi connectivity index (χ0v) is 16.9. The van der Waals surface area contributed by atoms with Gasteiger partial charge in [-0.3, -0.25) is 0 Å². The molecule has 0 aliphatic carbocycles. The summed E-state index contributed by atoms with van der Waals surface area (Å²) in [4.78, 5) is -1.05. The Hall–Kier alpha value is 0.320. The summed E-state index contributed by atoms with van der Waals surface area (Å²) < 4.78 is 65.4. The van der Waals surface area contributed by atoms with Crippen LogP contribution in [0.15, 0.2) is 40.1 Å². The van der Waals surface area contributed by atoms with Crippen LogP contribution < -0.4 is 64.8 Å². The van der Waals surface area contributed by atoms with Gasteiger partial charge in [0, 0.05) is 5.69 Å². The molecule has 0 aliphatic rings. The van der Waals surface area contributed by atoms with E-state index in [2.05, 4.69) is 0 Å². The Balaban J connectivity index is 0.00000200. The molecular formula is C10H7NNa2O6S2. The normalized spacial score (nSPS) is 11.5. The van der Waals surface area contributed by atoms with Crippen LogP contribution in [-0.4, -0.2) is 25.9 Å². The molecule has 2 N–H and O–H groups in total. The van der Waals surface area contributed by atoms with Crippen LogP contribution in [0.1, 0.15) is 0 Å². The van der Waals surface area contributed by atoms with Gasteiger partial charge in [0.05, 0.1) is 9.79 Å². The number of fused-ring (bicyclic) bond motifs is 1. The maximum atomic E-state index is 10.9. The molecule has 0 bridgehead atoms. The minimum atomic E-state index is -4.72. The number of nitrogens with two attached hydrogens (primary N) is 1. The molecule has 7 nitrogen and oxygen atoms in total. The molecule has 0 aliphatic heterocycles. The van der Waals surface area contributed by atoms with Crippen LogP contribution in [0.2, 0.25) is 0 Å². The van der Waals surface area contributed by atoms with E-state index in [0.29, 0.717) is 0 Å². The van der Waals surface area contributed by atoms with E-state index in [4.69, 9.17) is 5.73 Å². The first-order chi connectivity index (χ1) is 8.59. The van der Waals surface area contributed by atoms with Crippen LogP contribution >= 0.6 is 0 Å². The third-order valence-corrected chi connectivity index (χ3v) is 4.22. The predicted octanol–water partition coefficient (Wildman–Crippen LogP) is -5.76. The van der Waals surface area contributed by atoms with Gasteiger partial charge in [0.2, 0.25) is 0 Å². The Kier molecular flexibility index (Phi) is 7.37. The maximum absolute atomic E-state index is 10.9. The molecular weight excluding hydrogens is 340 g/mol. The average molecular weight is 347 g/mol. The second-order valence-corrected chi connectivity index (χ2v) is 6.53. The smallest absolute Gasteiger partial charge is 0.744 e. The summed E-state index contributed by atoms with van der Waals surface area (Å²) in [7, 11) is -9.33. The van der Waals surface area contributed by atoms with Crippen molar-refractivity contribution in [1.82, 2.24) is 0 Å². The van der Waals surface area contributed by atoms with E-state index in [-0.39, 0.29) is 75.6 Å². The summed E-state index contributed by atoms with van der Waals surface area (Å²) in [6.07, 6.45) is 0. The van der Waals surface area contributed by atoms with Gasteiger partial charge in [-0.15, -0.1) is 0 Å². The van der Waals surface area contributed by atoms with E-state index in [1.807, 2.05) is 0 Å². The van der Waals surface area contributed by atoms with Crippen LogP contribution in [0.3, 0.4) is 0 Å². The molecule has 0 spiro atoms. The van der Waals surface area contributed by atoms with E-state index in [9.17, 15) is 25.9 Å². The largest absolute Gasteiger partial charge is 1.00 e. The summed E-state index contributed by atoms with van der Waals surface area (Å²) in [6.45, 7) is 0. The molecule has 0 amide bonds. The van der Waals surface area contributed by atoms with E-state index in [1.165, 1.54) is 6.07 Å². The molecule has 102 valence electrons. The fourth-order valence-electron chi connectivity index (χ4n) is 1.64. The van der Waals surface area contributed by atoms with Crippen LogP contribution in [0.5, 0.6) is 0 Å². The van der Waals surface area contributed by atoms with Crippen molar-refractivity contribution in [2.75, 3.05) is 5.73 Å². The Morgan fingerprint density at radius 1 is 0.810 bits per heavy atom. The number of anilines is 1. The first-order valence-corrected chi connectivity index (χ1v) is 7.66. The van der Waals surface area contributed by atoms with Gasteiger partial charge >= 0.3 is 59.1 Å². The van der Waals surface area contributed by atoms with E-state index >= 15 is 0 Å². The number of hydrogen-bond donors (Lipinski definition) is 1. The molecule has 0 radical (unpaired) electrons. The number of benzene rings is 2. The van der Waals surface area contributed by atoms with Gasteiger partial charge in [-0.1, -0.05) is 6.07 Å². The van der Waals surface area contributed by atoms with Gasteiger partial charge in [-0.25, -0.2) is 16.8 Å². The average Bonchev–Trinajstić information content (AvgIpc) is 2.24. The fraction of sp³-hybridized carbons (Fsp3) is 0. The van der Waals surface area contributed by atoms with Crippen molar-refractivity contribution in [3.63, 3.8) is 0 Å². The number of rotatable bonds is 2. The third kappa shape index (κ3) is 4.90. The van der Waals surface area contributed by atoms with Crippen molar-refractivity contribution < 1.29 is 85.1 Å². The Labute approximate surface area is 166 Å². The molecule has 2 rings (SSSR count). The summed E-state index contributed by atoms with van der Waals surface area (Å²) in [5, 5.41) is 0.540. The second-order valence-electron chi connectivity index (χ2n) is 3.81. The van der Waals surface area contributed by atoms with Crippen molar-refractivity contribution >= 4 is 36.7 Å². The fourth-order valence-corrected chi connectivity index (χ4v) is 2.77. The molecule has 11 heteroatoms. The minimum Gasteiger partial charge on any atom is -0.744 e. The van der Waals surface area contributed by atoms with E-state index in [0.717, 1.165) is 24.3 Å². The van der Waals surface area contributed by atoms with Crippen molar-refractivity contribution in [2.24, 2.45) is 0 Å². The van der Waals surface area contributed by atoms with Gasteiger partial charge in [-0.2, -0.15) is 0 Å². The second kappa shape index (κ2) is 7.26. The van der Waals surface area contributed by atoms with Crippen molar-refractivity contribution in [2.45, 2.75) is 9.79 Å². The third-order valence-electron chi connectivity index (χ3n) is 2.50. The van der Waals surface area contributed by atoms with Gasteiger partial charge < -0.3 is 14.8 Å². The van der Waals surface area contributed by atoms with Crippen LogP contribution in [-0.2, 0) is 20.2 Å². The summed E-state index contributed by atoms with van der Waals surface area (Å²) >= 11 is 0. The van der Waals surface area contributed by atoms with Crippen molar-refractivity contribution in [3.05, 3.63) is 30.3 Å². The first-order valence-electron chi connectivity index (χ1n) is 4.84. The molecule has 0 atom stereocenters. The Morgan fingerprint density at radius 3 is 1.86 bits per heavy atom. The van der Waals surface area contributed by atoms with Crippen molar-refractivity contribution in [3.8, 4) is 0 Å². The Bertz CT molecular complexity index is 880. The van der Waals surface area contributed by atoms with Gasteiger partial charge in [0.25, 0.3) is 0 Å². The SMILES string of the molecule is Nc1cc2cc(S(=O)(=O)[O-])ccc2cc1S(=O)(=O)[O-].[Na+].[Na+]. The zero-order chi connectivity index (χ0) is 14.4. The number of hydrogen-bond acceptors (Lipinski definition) is 7. The van der Waals surface area contributed by atoms with Crippen molar-refractivity contribution in [1.29, 1.82) is 0 Å². The molecule has 0 unspecified atom stereocenters. The zero-order valence-electron chi connectivity index (χ0n) is 11.2. The topological polar surface area (TPSA) is 140 Å². The summed E-state index contributed by atoms with van der Waals surface area (Å²) in [6, 6.07) is 5.49. The molecule has 21 heavy (non-hydrogen) atoms. The minimum absolute atomic E-state index is 0. The molecule has 0 aromatic heterocycles. The first kappa shape index (κ1) is 21.3. The summed E-state index contributed by atoms with van der Waals surface area (Å²) in [5.41, 5.74) is 5.12. The quantitative estimate of drug-likeness (QED) is 0.324. The van der Waals surface area contributed by atoms with Crippen LogP contribution in [0, 0.1) is 0 Å². The van der Waals surface area contributed by atoms with Crippen LogP contribution in [0.25, 0.3) is 10.8 Å². The molecule has 0 saturated carbocycles. The predicted molar refractivity (Wildman–Crippen MR) is 64.3 cm³/mol. The molecule has 2 aromatic rings. The monoisotopic (exact) mass is 347 g/mol. The molecule has 0 fully saturated rings. The van der Waals surface area contributed by atoms with Gasteiger partial charge in [-0.05, 0) is 35.0 Å². The number of nitrogen functional groups attached to an aromatic ring is 1. The van der Waals surface area contributed by atoms with Gasteiger partial charge in [0.1, 0.15) is 20.2 Å². The Morgan fingerprint density at radius 2 is 1.38 bits per heavy atom. The van der Waals surface area contributed by atoms with Crippen LogP contribution in [0.4, 0.5) is 5.69 Å². The molecule has 2 aromatic carbocycles. The maximum Gasteiger partial charge on any atom is 1.00 e. The van der Waals surface area contributed by atoms with Gasteiger partial charge in [0.15, 0.2) is 0 Å². The molecule has 0 heterocycles. The van der Waals surface area contributed by atoms with E-state index in [1.54, 1.807) is 0 Å². The standard InChI is InChI=1S/C10H9NO6S2.2Na/c11-9-4-7-3-8(18(12,13)14)2-1-6(7)5-10(9)19(15,16)17;;/h1-5H,11H2,(H,12,13,14)(H,15,16,17);;/q;2*+1/p-2. The van der Waals surface area contributed by atoms with E-state index < -0.39 is 30.0 Å². The molecule has 0 saturated heterocycles.